The van der Waals surface area contributed by atoms with Crippen LogP contribution in [0.25, 0.3) is 0 Å². The van der Waals surface area contributed by atoms with Crippen LogP contribution in [-0.2, 0) is 14.8 Å². The molecule has 2 rings (SSSR count). The first-order chi connectivity index (χ1) is 12.7. The number of rotatable bonds is 8. The molecule has 0 heterocycles. The lowest BCUT2D eigenvalue weighted by Gasteiger charge is -2.21. The first kappa shape index (κ1) is 20.1. The van der Waals surface area contributed by atoms with Gasteiger partial charge in [-0.1, -0.05) is 24.3 Å². The van der Waals surface area contributed by atoms with Gasteiger partial charge in [0.15, 0.2) is 12.4 Å². The predicted octanol–water partition coefficient (Wildman–Crippen LogP) is 1.84. The quantitative estimate of drug-likeness (QED) is 0.415. The highest BCUT2D eigenvalue weighted by Crippen LogP contribution is 2.29. The highest BCUT2D eigenvalue weighted by Gasteiger charge is 2.22. The first-order valence-electron chi connectivity index (χ1n) is 7.64. The second-order valence-corrected chi connectivity index (χ2v) is 6.91. The van der Waals surface area contributed by atoms with E-state index in [4.69, 9.17) is 9.88 Å². The van der Waals surface area contributed by atoms with Crippen molar-refractivity contribution in [2.75, 3.05) is 18.1 Å². The van der Waals surface area contributed by atoms with Crippen LogP contribution in [0.3, 0.4) is 0 Å². The van der Waals surface area contributed by atoms with Crippen LogP contribution in [0.1, 0.15) is 0 Å². The Morgan fingerprint density at radius 3 is 2.48 bits per heavy atom. The highest BCUT2D eigenvalue weighted by molar-refractivity contribution is 7.89. The SMILES string of the molecule is C=CCN(C(=O)COc1ccc(S(N)(=O)=O)cc1[N+](=O)[O-])c1ccccc1. The molecule has 0 saturated heterocycles. The first-order valence-corrected chi connectivity index (χ1v) is 9.19. The lowest BCUT2D eigenvalue weighted by atomic mass is 10.2. The number of anilines is 1. The molecule has 10 heteroatoms. The number of para-hydroxylation sites is 1. The summed E-state index contributed by atoms with van der Waals surface area (Å²) in [6.45, 7) is 3.34. The lowest BCUT2D eigenvalue weighted by molar-refractivity contribution is -0.386. The van der Waals surface area contributed by atoms with Crippen molar-refractivity contribution in [2.45, 2.75) is 4.90 Å². The molecule has 0 aliphatic heterocycles. The Hall–Kier alpha value is -3.24. The molecule has 1 amide bonds. The van der Waals surface area contributed by atoms with Crippen molar-refractivity contribution in [3.05, 3.63) is 71.3 Å². The fourth-order valence-corrected chi connectivity index (χ4v) is 2.78. The maximum absolute atomic E-state index is 12.5. The van der Waals surface area contributed by atoms with E-state index in [2.05, 4.69) is 6.58 Å². The summed E-state index contributed by atoms with van der Waals surface area (Å²) in [5.74, 6) is -0.696. The monoisotopic (exact) mass is 391 g/mol. The summed E-state index contributed by atoms with van der Waals surface area (Å²) in [5, 5.41) is 16.2. The molecule has 0 fully saturated rings. The number of nitro groups is 1. The molecular formula is C17H17N3O6S. The maximum Gasteiger partial charge on any atom is 0.312 e. The average molecular weight is 391 g/mol. The summed E-state index contributed by atoms with van der Waals surface area (Å²) in [6, 6.07) is 11.7. The number of benzene rings is 2. The number of ether oxygens (including phenoxy) is 1. The van der Waals surface area contributed by atoms with Crippen LogP contribution >= 0.6 is 0 Å². The molecule has 0 atom stereocenters. The van der Waals surface area contributed by atoms with Crippen molar-refractivity contribution >= 4 is 27.3 Å². The molecule has 27 heavy (non-hydrogen) atoms. The van der Waals surface area contributed by atoms with Gasteiger partial charge >= 0.3 is 5.69 Å². The maximum atomic E-state index is 12.5. The summed E-state index contributed by atoms with van der Waals surface area (Å²) in [5.41, 5.74) is 0.00868. The largest absolute Gasteiger partial charge is 0.477 e. The fourth-order valence-electron chi connectivity index (χ4n) is 2.24. The summed E-state index contributed by atoms with van der Waals surface area (Å²) in [4.78, 5) is 23.8. The number of sulfonamides is 1. The topological polar surface area (TPSA) is 133 Å². The van der Waals surface area contributed by atoms with Gasteiger partial charge in [0.05, 0.1) is 9.82 Å². The third kappa shape index (κ3) is 5.12. The summed E-state index contributed by atoms with van der Waals surface area (Å²) >= 11 is 0. The predicted molar refractivity (Wildman–Crippen MR) is 99.0 cm³/mol. The van der Waals surface area contributed by atoms with Gasteiger partial charge in [-0.05, 0) is 24.3 Å². The van der Waals surface area contributed by atoms with Crippen LogP contribution < -0.4 is 14.8 Å². The van der Waals surface area contributed by atoms with E-state index in [1.165, 1.54) is 11.0 Å². The van der Waals surface area contributed by atoms with Crippen molar-refractivity contribution in [1.29, 1.82) is 0 Å². The number of primary sulfonamides is 1. The summed E-state index contributed by atoms with van der Waals surface area (Å²) < 4.78 is 28.0. The Balaban J connectivity index is 2.23. The molecule has 0 aliphatic carbocycles. The standard InChI is InChI=1S/C17H17N3O6S/c1-2-10-19(13-6-4-3-5-7-13)17(21)12-26-16-9-8-14(27(18,24)25)11-15(16)20(22)23/h2-9,11H,1,10,12H2,(H2,18,24,25). The van der Waals surface area contributed by atoms with Gasteiger partial charge in [0.1, 0.15) is 0 Å². The van der Waals surface area contributed by atoms with E-state index in [0.29, 0.717) is 5.69 Å². The third-order valence-corrected chi connectivity index (χ3v) is 4.40. The number of amides is 1. The average Bonchev–Trinajstić information content (AvgIpc) is 2.63. The Morgan fingerprint density at radius 2 is 1.93 bits per heavy atom. The Kier molecular flexibility index (Phi) is 6.27. The van der Waals surface area contributed by atoms with Crippen molar-refractivity contribution < 1.29 is 22.9 Å². The van der Waals surface area contributed by atoms with Gasteiger partial charge in [-0.3, -0.25) is 14.9 Å². The zero-order valence-corrected chi connectivity index (χ0v) is 15.0. The number of nitrogens with two attached hydrogens (primary N) is 1. The van der Waals surface area contributed by atoms with Gasteiger partial charge in [0.2, 0.25) is 10.0 Å². The molecule has 0 aromatic heterocycles. The molecule has 0 bridgehead atoms. The summed E-state index contributed by atoms with van der Waals surface area (Å²) in [7, 11) is -4.11. The van der Waals surface area contributed by atoms with Crippen LogP contribution in [-0.4, -0.2) is 32.4 Å². The van der Waals surface area contributed by atoms with Gasteiger partial charge < -0.3 is 9.64 Å². The molecule has 0 spiro atoms. The molecular weight excluding hydrogens is 374 g/mol. The van der Waals surface area contributed by atoms with Gasteiger partial charge in [-0.25, -0.2) is 13.6 Å². The zero-order chi connectivity index (χ0) is 20.0. The van der Waals surface area contributed by atoms with E-state index >= 15 is 0 Å². The number of carbonyl (C=O) groups excluding carboxylic acids is 1. The third-order valence-electron chi connectivity index (χ3n) is 3.49. The van der Waals surface area contributed by atoms with Crippen LogP contribution in [0.5, 0.6) is 5.75 Å². The number of hydrogen-bond acceptors (Lipinski definition) is 6. The van der Waals surface area contributed by atoms with Gasteiger partial charge in [0, 0.05) is 18.3 Å². The number of nitrogens with zero attached hydrogens (tertiary/aromatic N) is 2. The molecule has 0 aliphatic rings. The molecule has 142 valence electrons. The minimum Gasteiger partial charge on any atom is -0.477 e. The van der Waals surface area contributed by atoms with Crippen LogP contribution in [0.2, 0.25) is 0 Å². The van der Waals surface area contributed by atoms with E-state index in [1.54, 1.807) is 30.3 Å². The number of hydrogen-bond donors (Lipinski definition) is 1. The smallest absolute Gasteiger partial charge is 0.312 e. The van der Waals surface area contributed by atoms with E-state index in [-0.39, 0.29) is 12.3 Å². The van der Waals surface area contributed by atoms with E-state index in [0.717, 1.165) is 18.2 Å². The normalized spacial score (nSPS) is 10.9. The van der Waals surface area contributed by atoms with Crippen molar-refractivity contribution in [3.63, 3.8) is 0 Å². The molecule has 2 N–H and O–H groups in total. The molecule has 0 radical (unpaired) electrons. The van der Waals surface area contributed by atoms with Crippen LogP contribution in [0.4, 0.5) is 11.4 Å². The Labute approximate surface area is 155 Å². The highest BCUT2D eigenvalue weighted by atomic mass is 32.2. The minimum atomic E-state index is -4.11. The molecule has 0 saturated carbocycles. The Bertz CT molecular complexity index is 960. The van der Waals surface area contributed by atoms with Gasteiger partial charge in [0.25, 0.3) is 5.91 Å². The Morgan fingerprint density at radius 1 is 1.26 bits per heavy atom. The fraction of sp³-hybridized carbons (Fsp3) is 0.118. The molecule has 2 aromatic rings. The van der Waals surface area contributed by atoms with Crippen molar-refractivity contribution in [3.8, 4) is 5.75 Å². The van der Waals surface area contributed by atoms with Crippen LogP contribution in [0, 0.1) is 10.1 Å². The van der Waals surface area contributed by atoms with Gasteiger partial charge in [-0.2, -0.15) is 0 Å². The molecule has 2 aromatic carbocycles. The lowest BCUT2D eigenvalue weighted by Crippen LogP contribution is -2.35. The van der Waals surface area contributed by atoms with Crippen LogP contribution in [0.15, 0.2) is 66.1 Å². The minimum absolute atomic E-state index is 0.221. The van der Waals surface area contributed by atoms with Crippen molar-refractivity contribution in [2.24, 2.45) is 5.14 Å². The molecule has 0 unspecified atom stereocenters. The van der Waals surface area contributed by atoms with E-state index in [9.17, 15) is 23.3 Å². The second kappa shape index (κ2) is 8.43. The number of nitro benzene ring substituents is 1. The van der Waals surface area contributed by atoms with Crippen molar-refractivity contribution in [1.82, 2.24) is 0 Å². The second-order valence-electron chi connectivity index (χ2n) is 5.35. The summed E-state index contributed by atoms with van der Waals surface area (Å²) in [6.07, 6.45) is 1.54. The molecule has 9 nitrogen and oxygen atoms in total. The number of carbonyl (C=O) groups is 1. The zero-order valence-electron chi connectivity index (χ0n) is 14.1. The van der Waals surface area contributed by atoms with E-state index in [1.807, 2.05) is 0 Å². The van der Waals surface area contributed by atoms with Gasteiger partial charge in [-0.15, -0.1) is 6.58 Å². The van der Waals surface area contributed by atoms with E-state index < -0.39 is 38.0 Å².